The summed E-state index contributed by atoms with van der Waals surface area (Å²) in [4.78, 5) is 10.7. The van der Waals surface area contributed by atoms with Crippen molar-refractivity contribution >= 4 is 11.9 Å². The number of hydrogen-bond donors (Lipinski definition) is 1. The fraction of sp³-hybridized carbons (Fsp3) is 0.444. The number of methoxy groups -OCH3 is 1. The third-order valence-electron chi connectivity index (χ3n) is 1.60. The summed E-state index contributed by atoms with van der Waals surface area (Å²) in [5.41, 5.74) is 0. The van der Waals surface area contributed by atoms with Crippen LogP contribution < -0.4 is 5.32 Å². The Labute approximate surface area is 76.9 Å². The quantitative estimate of drug-likeness (QED) is 0.720. The summed E-state index contributed by atoms with van der Waals surface area (Å²) in [5, 5.41) is 2.96. The molecule has 0 aromatic carbocycles. The van der Waals surface area contributed by atoms with E-state index in [-0.39, 0.29) is 5.97 Å². The van der Waals surface area contributed by atoms with Crippen molar-refractivity contribution in [1.82, 2.24) is 0 Å². The Morgan fingerprint density at radius 2 is 2.38 bits per heavy atom. The van der Waals surface area contributed by atoms with Crippen LogP contribution in [0.4, 0.5) is 5.88 Å². The molecule has 0 aliphatic rings. The van der Waals surface area contributed by atoms with E-state index in [0.29, 0.717) is 18.8 Å². The van der Waals surface area contributed by atoms with Crippen molar-refractivity contribution in [3.8, 4) is 0 Å². The second-order valence-electron chi connectivity index (χ2n) is 2.66. The van der Waals surface area contributed by atoms with Gasteiger partial charge in [0.1, 0.15) is 5.76 Å². The predicted molar refractivity (Wildman–Crippen MR) is 48.6 cm³/mol. The van der Waals surface area contributed by atoms with Gasteiger partial charge in [0.15, 0.2) is 5.88 Å². The predicted octanol–water partition coefficient (Wildman–Crippen LogP) is 1.56. The maximum absolute atomic E-state index is 10.7. The standard InChI is InChI=1S/C9H13NO3/c1-7-3-4-8(13-7)10-6-5-9(11)12-2/h3-4,10H,5-6H2,1-2H3. The molecule has 0 spiro atoms. The molecule has 0 aliphatic carbocycles. The summed E-state index contributed by atoms with van der Waals surface area (Å²) >= 11 is 0. The van der Waals surface area contributed by atoms with Crippen LogP contribution in [0.2, 0.25) is 0 Å². The monoisotopic (exact) mass is 183 g/mol. The van der Waals surface area contributed by atoms with Crippen LogP contribution in [-0.2, 0) is 9.53 Å². The van der Waals surface area contributed by atoms with Crippen molar-refractivity contribution in [3.63, 3.8) is 0 Å². The molecule has 1 heterocycles. The number of furan rings is 1. The van der Waals surface area contributed by atoms with Crippen LogP contribution in [0.5, 0.6) is 0 Å². The van der Waals surface area contributed by atoms with Gasteiger partial charge in [-0.3, -0.25) is 4.79 Å². The lowest BCUT2D eigenvalue weighted by atomic mass is 10.4. The van der Waals surface area contributed by atoms with Crippen molar-refractivity contribution < 1.29 is 13.9 Å². The summed E-state index contributed by atoms with van der Waals surface area (Å²) in [6, 6.07) is 3.69. The molecule has 1 aromatic rings. The lowest BCUT2D eigenvalue weighted by Gasteiger charge is -2.00. The van der Waals surface area contributed by atoms with Crippen molar-refractivity contribution in [2.75, 3.05) is 19.0 Å². The number of ether oxygens (including phenoxy) is 1. The third-order valence-corrected chi connectivity index (χ3v) is 1.60. The molecule has 0 unspecified atom stereocenters. The number of rotatable bonds is 4. The molecule has 0 atom stereocenters. The molecule has 0 saturated carbocycles. The zero-order valence-corrected chi connectivity index (χ0v) is 7.79. The van der Waals surface area contributed by atoms with Crippen LogP contribution in [0.25, 0.3) is 0 Å². The summed E-state index contributed by atoms with van der Waals surface area (Å²) < 4.78 is 9.72. The highest BCUT2D eigenvalue weighted by Gasteiger charge is 2.00. The van der Waals surface area contributed by atoms with E-state index in [4.69, 9.17) is 4.42 Å². The second-order valence-corrected chi connectivity index (χ2v) is 2.66. The molecule has 0 amide bonds. The van der Waals surface area contributed by atoms with Gasteiger partial charge in [-0.05, 0) is 13.0 Å². The van der Waals surface area contributed by atoms with Gasteiger partial charge in [0.2, 0.25) is 0 Å². The van der Waals surface area contributed by atoms with Gasteiger partial charge in [-0.1, -0.05) is 0 Å². The average Bonchev–Trinajstić information content (AvgIpc) is 2.51. The van der Waals surface area contributed by atoms with Crippen LogP contribution in [0, 0.1) is 6.92 Å². The summed E-state index contributed by atoms with van der Waals surface area (Å²) in [6.45, 7) is 2.39. The van der Waals surface area contributed by atoms with Crippen molar-refractivity contribution in [1.29, 1.82) is 0 Å². The minimum atomic E-state index is -0.226. The Morgan fingerprint density at radius 3 is 2.92 bits per heavy atom. The number of aryl methyl sites for hydroxylation is 1. The molecule has 0 fully saturated rings. The SMILES string of the molecule is COC(=O)CCNc1ccc(C)o1. The van der Waals surface area contributed by atoms with E-state index in [2.05, 4.69) is 10.1 Å². The van der Waals surface area contributed by atoms with Gasteiger partial charge in [-0.15, -0.1) is 0 Å². The Bertz CT molecular complexity index is 280. The Morgan fingerprint density at radius 1 is 1.62 bits per heavy atom. The molecule has 4 nitrogen and oxygen atoms in total. The van der Waals surface area contributed by atoms with Gasteiger partial charge in [0, 0.05) is 12.6 Å². The molecule has 1 N–H and O–H groups in total. The number of esters is 1. The molecule has 4 heteroatoms. The Hall–Kier alpha value is -1.45. The van der Waals surface area contributed by atoms with Crippen LogP contribution >= 0.6 is 0 Å². The summed E-state index contributed by atoms with van der Waals surface area (Å²) in [7, 11) is 1.37. The van der Waals surface area contributed by atoms with E-state index in [1.807, 2.05) is 19.1 Å². The van der Waals surface area contributed by atoms with Gasteiger partial charge in [-0.25, -0.2) is 0 Å². The summed E-state index contributed by atoms with van der Waals surface area (Å²) in [5.74, 6) is 1.30. The van der Waals surface area contributed by atoms with Gasteiger partial charge < -0.3 is 14.5 Å². The first kappa shape index (κ1) is 9.64. The van der Waals surface area contributed by atoms with E-state index in [1.54, 1.807) is 0 Å². The molecular formula is C9H13NO3. The average molecular weight is 183 g/mol. The first-order valence-electron chi connectivity index (χ1n) is 4.09. The normalized spacial score (nSPS) is 9.69. The minimum absolute atomic E-state index is 0.226. The third kappa shape index (κ3) is 3.19. The van der Waals surface area contributed by atoms with E-state index < -0.39 is 0 Å². The molecule has 72 valence electrons. The number of anilines is 1. The van der Waals surface area contributed by atoms with E-state index >= 15 is 0 Å². The molecule has 0 radical (unpaired) electrons. The van der Waals surface area contributed by atoms with Gasteiger partial charge >= 0.3 is 5.97 Å². The topological polar surface area (TPSA) is 51.5 Å². The lowest BCUT2D eigenvalue weighted by Crippen LogP contribution is -2.09. The van der Waals surface area contributed by atoms with E-state index in [9.17, 15) is 4.79 Å². The van der Waals surface area contributed by atoms with Gasteiger partial charge in [0.05, 0.1) is 13.5 Å². The van der Waals surface area contributed by atoms with Crippen molar-refractivity contribution in [2.24, 2.45) is 0 Å². The van der Waals surface area contributed by atoms with Crippen molar-refractivity contribution in [2.45, 2.75) is 13.3 Å². The molecule has 0 saturated heterocycles. The van der Waals surface area contributed by atoms with Crippen LogP contribution in [0.15, 0.2) is 16.5 Å². The van der Waals surface area contributed by atoms with E-state index in [0.717, 1.165) is 5.76 Å². The Balaban J connectivity index is 2.24. The number of nitrogens with one attached hydrogen (secondary N) is 1. The van der Waals surface area contributed by atoms with Gasteiger partial charge in [-0.2, -0.15) is 0 Å². The molecular weight excluding hydrogens is 170 g/mol. The van der Waals surface area contributed by atoms with Gasteiger partial charge in [0.25, 0.3) is 0 Å². The highest BCUT2D eigenvalue weighted by molar-refractivity contribution is 5.69. The molecule has 0 bridgehead atoms. The minimum Gasteiger partial charge on any atom is -0.469 e. The molecule has 1 rings (SSSR count). The molecule has 0 aliphatic heterocycles. The highest BCUT2D eigenvalue weighted by atomic mass is 16.5. The van der Waals surface area contributed by atoms with Crippen molar-refractivity contribution in [3.05, 3.63) is 17.9 Å². The number of carbonyl (C=O) groups is 1. The number of hydrogen-bond acceptors (Lipinski definition) is 4. The maximum atomic E-state index is 10.7. The van der Waals surface area contributed by atoms with Crippen LogP contribution in [0.1, 0.15) is 12.2 Å². The van der Waals surface area contributed by atoms with Crippen LogP contribution in [0.3, 0.4) is 0 Å². The smallest absolute Gasteiger partial charge is 0.307 e. The Kier molecular flexibility index (Phi) is 3.37. The zero-order chi connectivity index (χ0) is 9.68. The summed E-state index contributed by atoms with van der Waals surface area (Å²) in [6.07, 6.45) is 0.343. The largest absolute Gasteiger partial charge is 0.469 e. The highest BCUT2D eigenvalue weighted by Crippen LogP contribution is 2.11. The second kappa shape index (κ2) is 4.54. The molecule has 1 aromatic heterocycles. The lowest BCUT2D eigenvalue weighted by molar-refractivity contribution is -0.140. The molecule has 13 heavy (non-hydrogen) atoms. The maximum Gasteiger partial charge on any atom is 0.307 e. The first-order valence-corrected chi connectivity index (χ1v) is 4.09. The number of carbonyl (C=O) groups excluding carboxylic acids is 1. The fourth-order valence-electron chi connectivity index (χ4n) is 0.919. The van der Waals surface area contributed by atoms with E-state index in [1.165, 1.54) is 7.11 Å². The zero-order valence-electron chi connectivity index (χ0n) is 7.79. The fourth-order valence-corrected chi connectivity index (χ4v) is 0.919. The first-order chi connectivity index (χ1) is 6.22. The van der Waals surface area contributed by atoms with Crippen LogP contribution in [-0.4, -0.2) is 19.6 Å².